The summed E-state index contributed by atoms with van der Waals surface area (Å²) >= 11 is 0. The first kappa shape index (κ1) is 17.2. The molecule has 0 aliphatic carbocycles. The number of H-pyrrole nitrogens is 1. The number of rotatable bonds is 6. The Balaban J connectivity index is 1.93. The summed E-state index contributed by atoms with van der Waals surface area (Å²) in [5, 5.41) is 6.37. The van der Waals surface area contributed by atoms with E-state index in [4.69, 9.17) is 0 Å². The largest absolute Gasteiger partial charge is 0.361 e. The molecule has 0 radical (unpaired) electrons. The highest BCUT2D eigenvalue weighted by molar-refractivity contribution is 6.06. The molecule has 0 aliphatic heterocycles. The number of hydrogen-bond acceptors (Lipinski definition) is 2. The molecule has 0 bridgehead atoms. The van der Waals surface area contributed by atoms with Crippen molar-refractivity contribution in [3.05, 3.63) is 90.3 Å². The molecule has 5 heteroatoms. The van der Waals surface area contributed by atoms with Crippen LogP contribution >= 0.6 is 0 Å². The van der Waals surface area contributed by atoms with E-state index in [9.17, 15) is 9.59 Å². The molecule has 0 atom stereocenters. The lowest BCUT2D eigenvalue weighted by molar-refractivity contribution is -0.117. The first-order chi connectivity index (χ1) is 12.7. The van der Waals surface area contributed by atoms with E-state index < -0.39 is 0 Å². The van der Waals surface area contributed by atoms with Crippen molar-refractivity contribution < 1.29 is 9.59 Å². The van der Waals surface area contributed by atoms with Gasteiger partial charge in [-0.05, 0) is 24.3 Å². The Morgan fingerprint density at radius 1 is 1.04 bits per heavy atom. The monoisotopic (exact) mass is 345 g/mol. The lowest BCUT2D eigenvalue weighted by Gasteiger charge is -2.10. The second-order valence-corrected chi connectivity index (χ2v) is 5.67. The molecule has 3 rings (SSSR count). The van der Waals surface area contributed by atoms with Gasteiger partial charge in [0.05, 0.1) is 0 Å². The van der Waals surface area contributed by atoms with E-state index in [1.165, 1.54) is 0 Å². The summed E-state index contributed by atoms with van der Waals surface area (Å²) in [4.78, 5) is 28.1. The number of carbonyl (C=O) groups excluding carboxylic acids is 2. The number of aromatic nitrogens is 1. The zero-order valence-corrected chi connectivity index (χ0v) is 14.2. The standard InChI is InChI=1S/C21H19N3O2/c1-2-12-22-21(26)19(24-20(25)15-8-4-3-5-9-15)13-16-14-23-18-11-7-6-10-17(16)18/h2-11,13-14,23H,1,12H2,(H,22,26)(H,24,25)/b19-13+. The van der Waals surface area contributed by atoms with E-state index in [1.807, 2.05) is 30.3 Å². The molecule has 3 N–H and O–H groups in total. The minimum Gasteiger partial charge on any atom is -0.361 e. The van der Waals surface area contributed by atoms with Gasteiger partial charge in [-0.3, -0.25) is 9.59 Å². The molecule has 0 spiro atoms. The number of amides is 2. The van der Waals surface area contributed by atoms with E-state index >= 15 is 0 Å². The topological polar surface area (TPSA) is 74.0 Å². The van der Waals surface area contributed by atoms with Gasteiger partial charge in [0.25, 0.3) is 11.8 Å². The molecule has 3 aromatic rings. The normalized spacial score (nSPS) is 11.2. The molecule has 0 aliphatic rings. The number of hydrogen-bond donors (Lipinski definition) is 3. The number of fused-ring (bicyclic) bond motifs is 1. The fourth-order valence-corrected chi connectivity index (χ4v) is 2.57. The molecule has 1 aromatic heterocycles. The number of nitrogens with one attached hydrogen (secondary N) is 3. The Kier molecular flexibility index (Phi) is 5.29. The van der Waals surface area contributed by atoms with Gasteiger partial charge in [0.2, 0.25) is 0 Å². The van der Waals surface area contributed by atoms with Crippen LogP contribution in [0.5, 0.6) is 0 Å². The van der Waals surface area contributed by atoms with Crippen LogP contribution in [-0.4, -0.2) is 23.3 Å². The molecule has 2 amide bonds. The van der Waals surface area contributed by atoms with Gasteiger partial charge >= 0.3 is 0 Å². The average molecular weight is 345 g/mol. The zero-order chi connectivity index (χ0) is 18.4. The van der Waals surface area contributed by atoms with Crippen LogP contribution in [0, 0.1) is 0 Å². The van der Waals surface area contributed by atoms with E-state index in [0.717, 1.165) is 16.5 Å². The quantitative estimate of drug-likeness (QED) is 0.474. The maximum atomic E-state index is 12.5. The van der Waals surface area contributed by atoms with Crippen LogP contribution in [0.25, 0.3) is 17.0 Å². The van der Waals surface area contributed by atoms with Crippen LogP contribution in [0.4, 0.5) is 0 Å². The van der Waals surface area contributed by atoms with E-state index in [1.54, 1.807) is 42.6 Å². The van der Waals surface area contributed by atoms with E-state index in [-0.39, 0.29) is 17.5 Å². The molecular formula is C21H19N3O2. The zero-order valence-electron chi connectivity index (χ0n) is 14.2. The van der Waals surface area contributed by atoms with Crippen LogP contribution in [0.2, 0.25) is 0 Å². The maximum absolute atomic E-state index is 12.5. The first-order valence-electron chi connectivity index (χ1n) is 8.22. The van der Waals surface area contributed by atoms with Crippen molar-refractivity contribution in [2.75, 3.05) is 6.54 Å². The predicted octanol–water partition coefficient (Wildman–Crippen LogP) is 3.24. The van der Waals surface area contributed by atoms with Crippen molar-refractivity contribution >= 4 is 28.8 Å². The van der Waals surface area contributed by atoms with Gasteiger partial charge in [0.15, 0.2) is 0 Å². The summed E-state index contributed by atoms with van der Waals surface area (Å²) in [7, 11) is 0. The van der Waals surface area contributed by atoms with Crippen LogP contribution in [0.3, 0.4) is 0 Å². The van der Waals surface area contributed by atoms with Gasteiger partial charge < -0.3 is 15.6 Å². The summed E-state index contributed by atoms with van der Waals surface area (Å²) in [6, 6.07) is 16.5. The molecule has 0 fully saturated rings. The van der Waals surface area contributed by atoms with Crippen molar-refractivity contribution in [3.8, 4) is 0 Å². The number of para-hydroxylation sites is 1. The summed E-state index contributed by atoms with van der Waals surface area (Å²) in [5.74, 6) is -0.718. The summed E-state index contributed by atoms with van der Waals surface area (Å²) in [6.07, 6.45) is 5.05. The Morgan fingerprint density at radius 3 is 2.54 bits per heavy atom. The van der Waals surface area contributed by atoms with Crippen LogP contribution in [0.1, 0.15) is 15.9 Å². The minimum atomic E-state index is -0.375. The highest BCUT2D eigenvalue weighted by Gasteiger charge is 2.15. The van der Waals surface area contributed by atoms with Crippen molar-refractivity contribution in [2.45, 2.75) is 0 Å². The highest BCUT2D eigenvalue weighted by Crippen LogP contribution is 2.20. The molecule has 2 aromatic carbocycles. The van der Waals surface area contributed by atoms with Crippen LogP contribution in [0.15, 0.2) is 79.1 Å². The average Bonchev–Trinajstić information content (AvgIpc) is 3.09. The fourth-order valence-electron chi connectivity index (χ4n) is 2.57. The lowest BCUT2D eigenvalue weighted by atomic mass is 10.1. The summed E-state index contributed by atoms with van der Waals surface area (Å²) in [6.45, 7) is 3.90. The number of aromatic amines is 1. The number of benzene rings is 2. The lowest BCUT2D eigenvalue weighted by Crippen LogP contribution is -2.34. The Bertz CT molecular complexity index is 971. The van der Waals surface area contributed by atoms with Crippen molar-refractivity contribution in [1.29, 1.82) is 0 Å². The van der Waals surface area contributed by atoms with E-state index in [0.29, 0.717) is 12.1 Å². The predicted molar refractivity (Wildman–Crippen MR) is 103 cm³/mol. The number of carbonyl (C=O) groups is 2. The molecule has 26 heavy (non-hydrogen) atoms. The van der Waals surface area contributed by atoms with Crippen molar-refractivity contribution in [3.63, 3.8) is 0 Å². The first-order valence-corrected chi connectivity index (χ1v) is 8.22. The molecule has 0 unspecified atom stereocenters. The fraction of sp³-hybridized carbons (Fsp3) is 0.0476. The summed E-state index contributed by atoms with van der Waals surface area (Å²) < 4.78 is 0. The van der Waals surface area contributed by atoms with Crippen LogP contribution in [-0.2, 0) is 4.79 Å². The second-order valence-electron chi connectivity index (χ2n) is 5.67. The second kappa shape index (κ2) is 7.98. The smallest absolute Gasteiger partial charge is 0.268 e. The Morgan fingerprint density at radius 2 is 1.77 bits per heavy atom. The molecule has 1 heterocycles. The van der Waals surface area contributed by atoms with Gasteiger partial charge in [-0.1, -0.05) is 42.5 Å². The highest BCUT2D eigenvalue weighted by atomic mass is 16.2. The van der Waals surface area contributed by atoms with E-state index in [2.05, 4.69) is 22.2 Å². The van der Waals surface area contributed by atoms with Gasteiger partial charge in [-0.2, -0.15) is 0 Å². The third kappa shape index (κ3) is 3.89. The van der Waals surface area contributed by atoms with Gasteiger partial charge in [-0.15, -0.1) is 6.58 Å². The Labute approximate surface area is 151 Å². The summed E-state index contributed by atoms with van der Waals surface area (Å²) in [5.41, 5.74) is 2.43. The van der Waals surface area contributed by atoms with Gasteiger partial charge in [-0.25, -0.2) is 0 Å². The SMILES string of the molecule is C=CCNC(=O)/C(=C\c1c[nH]c2ccccc12)NC(=O)c1ccccc1. The van der Waals surface area contributed by atoms with Crippen LogP contribution < -0.4 is 10.6 Å². The third-order valence-electron chi connectivity index (χ3n) is 3.86. The van der Waals surface area contributed by atoms with Gasteiger partial charge in [0.1, 0.15) is 5.70 Å². The minimum absolute atomic E-state index is 0.172. The molecule has 130 valence electrons. The third-order valence-corrected chi connectivity index (χ3v) is 3.86. The Hall–Kier alpha value is -3.60. The van der Waals surface area contributed by atoms with Gasteiger partial charge in [0, 0.05) is 34.8 Å². The van der Waals surface area contributed by atoms with Crippen molar-refractivity contribution in [1.82, 2.24) is 15.6 Å². The van der Waals surface area contributed by atoms with Crippen molar-refractivity contribution in [2.24, 2.45) is 0 Å². The molecule has 5 nitrogen and oxygen atoms in total. The maximum Gasteiger partial charge on any atom is 0.268 e. The molecule has 0 saturated heterocycles. The molecule has 0 saturated carbocycles. The molecular weight excluding hydrogens is 326 g/mol.